The van der Waals surface area contributed by atoms with E-state index in [4.69, 9.17) is 0 Å². The highest BCUT2D eigenvalue weighted by molar-refractivity contribution is 7.26. The smallest absolute Gasteiger partial charge is 0.101 e. The van der Waals surface area contributed by atoms with Crippen LogP contribution in [0.4, 0.5) is 32.8 Å². The first kappa shape index (κ1) is 32.4. The molecule has 0 atom stereocenters. The number of anilines is 6. The van der Waals surface area contributed by atoms with Gasteiger partial charge < -0.3 is 9.80 Å². The molecule has 0 fully saturated rings. The van der Waals surface area contributed by atoms with Gasteiger partial charge in [-0.15, -0.1) is 45.3 Å². The molecular formula is C46H32N2S4. The van der Waals surface area contributed by atoms with E-state index in [-0.39, 0.29) is 0 Å². The molecule has 4 heterocycles. The highest BCUT2D eigenvalue weighted by atomic mass is 32.1. The molecule has 9 rings (SSSR count). The zero-order valence-corrected chi connectivity index (χ0v) is 31.3. The van der Waals surface area contributed by atoms with Crippen LogP contribution in [-0.2, 0) is 0 Å². The molecule has 6 heteroatoms. The fourth-order valence-electron chi connectivity index (χ4n) is 6.33. The molecule has 0 spiro atoms. The molecule has 0 N–H and O–H groups in total. The average molecular weight is 741 g/mol. The van der Waals surface area contributed by atoms with Crippen LogP contribution in [0.5, 0.6) is 0 Å². The molecule has 9 aromatic rings. The minimum absolute atomic E-state index is 1.16. The van der Waals surface area contributed by atoms with Gasteiger partial charge in [-0.3, -0.25) is 0 Å². The number of hydrogen-bond acceptors (Lipinski definition) is 6. The van der Waals surface area contributed by atoms with Crippen molar-refractivity contribution in [2.45, 2.75) is 0 Å². The van der Waals surface area contributed by atoms with E-state index in [1.807, 2.05) is 45.3 Å². The van der Waals surface area contributed by atoms with E-state index >= 15 is 0 Å². The standard InChI is InChI=1S/C46H32N2S4/c1-5-13-35(14-6-1)47(36-15-7-2-8-16-36)45-31-29-43(51-45)41-27-25-39(49-41)33-21-23-34(24-22-33)40-26-28-42(50-40)44-30-32-46(52-44)48(37-17-9-3-10-18-37)38-19-11-4-12-20-38/h1-32H. The van der Waals surface area contributed by atoms with Crippen LogP contribution < -0.4 is 9.80 Å². The third-order valence-electron chi connectivity index (χ3n) is 8.83. The molecule has 0 radical (unpaired) electrons. The van der Waals surface area contributed by atoms with Crippen LogP contribution in [0.3, 0.4) is 0 Å². The van der Waals surface area contributed by atoms with Gasteiger partial charge in [0.15, 0.2) is 0 Å². The SMILES string of the molecule is c1ccc(N(c2ccccc2)c2ccc(-c3ccc(-c4ccc(-c5ccc(-c6ccc(N(c7ccccc7)c7ccccc7)s6)s5)cc4)s3)s2)cc1. The number of nitrogens with zero attached hydrogens (tertiary/aromatic N) is 2. The minimum atomic E-state index is 1.16. The Labute approximate surface area is 320 Å². The molecule has 0 unspecified atom stereocenters. The van der Waals surface area contributed by atoms with Crippen molar-refractivity contribution in [2.75, 3.05) is 9.80 Å². The first-order valence-electron chi connectivity index (χ1n) is 17.1. The molecule has 5 aromatic carbocycles. The first-order chi connectivity index (χ1) is 25.8. The maximum absolute atomic E-state index is 2.33. The summed E-state index contributed by atoms with van der Waals surface area (Å²) in [5.41, 5.74) is 7.12. The number of benzene rings is 5. The van der Waals surface area contributed by atoms with Crippen LogP contribution in [0.2, 0.25) is 0 Å². The summed E-state index contributed by atoms with van der Waals surface area (Å²) in [6, 6.07) is 69.4. The number of thiophene rings is 4. The van der Waals surface area contributed by atoms with Gasteiger partial charge in [-0.05, 0) is 108 Å². The van der Waals surface area contributed by atoms with Crippen molar-refractivity contribution >= 4 is 78.1 Å². The Morgan fingerprint density at radius 2 is 0.500 bits per heavy atom. The number of hydrogen-bond donors (Lipinski definition) is 0. The fourth-order valence-corrected chi connectivity index (χ4v) is 10.6. The number of para-hydroxylation sites is 4. The monoisotopic (exact) mass is 740 g/mol. The Kier molecular flexibility index (Phi) is 9.11. The van der Waals surface area contributed by atoms with E-state index in [0.29, 0.717) is 0 Å². The van der Waals surface area contributed by atoms with Gasteiger partial charge in [-0.25, -0.2) is 0 Å². The third kappa shape index (κ3) is 6.65. The van der Waals surface area contributed by atoms with Crippen LogP contribution in [-0.4, -0.2) is 0 Å². The molecular weight excluding hydrogens is 709 g/mol. The predicted molar refractivity (Wildman–Crippen MR) is 229 cm³/mol. The summed E-state index contributed by atoms with van der Waals surface area (Å²) in [5.74, 6) is 0. The van der Waals surface area contributed by atoms with E-state index in [2.05, 4.69) is 204 Å². The van der Waals surface area contributed by atoms with E-state index in [0.717, 1.165) is 22.7 Å². The van der Waals surface area contributed by atoms with Gasteiger partial charge in [0.25, 0.3) is 0 Å². The second-order valence-electron chi connectivity index (χ2n) is 12.2. The first-order valence-corrected chi connectivity index (χ1v) is 20.3. The number of rotatable bonds is 10. The van der Waals surface area contributed by atoms with Crippen molar-refractivity contribution in [1.82, 2.24) is 0 Å². The summed E-state index contributed by atoms with van der Waals surface area (Å²) < 4.78 is 0. The molecule has 0 saturated heterocycles. The molecule has 0 amide bonds. The lowest BCUT2D eigenvalue weighted by Gasteiger charge is -2.23. The maximum atomic E-state index is 2.33. The molecule has 0 aliphatic carbocycles. The van der Waals surface area contributed by atoms with Crippen LogP contribution in [0, 0.1) is 0 Å². The molecule has 0 bridgehead atoms. The Bertz CT molecular complexity index is 2250. The van der Waals surface area contributed by atoms with Gasteiger partial charge in [0, 0.05) is 52.0 Å². The zero-order chi connectivity index (χ0) is 34.7. The Balaban J connectivity index is 0.929. The minimum Gasteiger partial charge on any atom is -0.302 e. The fraction of sp³-hybridized carbons (Fsp3) is 0. The van der Waals surface area contributed by atoms with Crippen molar-refractivity contribution < 1.29 is 0 Å². The Morgan fingerprint density at radius 1 is 0.231 bits per heavy atom. The van der Waals surface area contributed by atoms with E-state index < -0.39 is 0 Å². The van der Waals surface area contributed by atoms with Crippen molar-refractivity contribution in [3.63, 3.8) is 0 Å². The van der Waals surface area contributed by atoms with Crippen LogP contribution in [0.1, 0.15) is 0 Å². The molecule has 2 nitrogen and oxygen atoms in total. The summed E-state index contributed by atoms with van der Waals surface area (Å²) in [7, 11) is 0. The summed E-state index contributed by atoms with van der Waals surface area (Å²) >= 11 is 7.36. The molecule has 52 heavy (non-hydrogen) atoms. The van der Waals surface area contributed by atoms with Crippen LogP contribution in [0.25, 0.3) is 40.4 Å². The lowest BCUT2D eigenvalue weighted by molar-refractivity contribution is 1.32. The summed E-state index contributed by atoms with van der Waals surface area (Å²) in [6.07, 6.45) is 0. The quantitative estimate of drug-likeness (QED) is 0.138. The highest BCUT2D eigenvalue weighted by Gasteiger charge is 2.18. The van der Waals surface area contributed by atoms with Crippen LogP contribution >= 0.6 is 45.3 Å². The molecule has 0 saturated carbocycles. The van der Waals surface area contributed by atoms with Crippen molar-refractivity contribution in [3.05, 3.63) is 194 Å². The zero-order valence-electron chi connectivity index (χ0n) is 28.0. The summed E-state index contributed by atoms with van der Waals surface area (Å²) in [4.78, 5) is 12.3. The van der Waals surface area contributed by atoms with Crippen LogP contribution in [0.15, 0.2) is 194 Å². The largest absolute Gasteiger partial charge is 0.302 e. The van der Waals surface area contributed by atoms with Gasteiger partial charge in [-0.1, -0.05) is 97.1 Å². The summed E-state index contributed by atoms with van der Waals surface area (Å²) in [6.45, 7) is 0. The average Bonchev–Trinajstić information content (AvgIpc) is 4.05. The van der Waals surface area contributed by atoms with E-state index in [1.54, 1.807) is 0 Å². The highest BCUT2D eigenvalue weighted by Crippen LogP contribution is 2.46. The van der Waals surface area contributed by atoms with Gasteiger partial charge in [0.1, 0.15) is 10.0 Å². The van der Waals surface area contributed by atoms with Crippen molar-refractivity contribution in [2.24, 2.45) is 0 Å². The molecule has 4 aromatic heterocycles. The molecule has 250 valence electrons. The lowest BCUT2D eigenvalue weighted by atomic mass is 10.1. The normalized spacial score (nSPS) is 11.1. The second kappa shape index (κ2) is 14.6. The van der Waals surface area contributed by atoms with Gasteiger partial charge in [0.05, 0.1) is 0 Å². The topological polar surface area (TPSA) is 6.48 Å². The maximum Gasteiger partial charge on any atom is 0.101 e. The van der Waals surface area contributed by atoms with Gasteiger partial charge in [-0.2, -0.15) is 0 Å². The predicted octanol–water partition coefficient (Wildman–Crippen LogP) is 15.5. The van der Waals surface area contributed by atoms with Crippen molar-refractivity contribution in [3.8, 4) is 40.4 Å². The second-order valence-corrected chi connectivity index (χ2v) is 16.5. The van der Waals surface area contributed by atoms with Gasteiger partial charge in [0.2, 0.25) is 0 Å². The molecule has 0 aliphatic rings. The van der Waals surface area contributed by atoms with Gasteiger partial charge >= 0.3 is 0 Å². The lowest BCUT2D eigenvalue weighted by Crippen LogP contribution is -2.07. The molecule has 0 aliphatic heterocycles. The Hall–Kier alpha value is -5.50. The van der Waals surface area contributed by atoms with E-state index in [1.165, 1.54) is 50.4 Å². The Morgan fingerprint density at radius 3 is 0.827 bits per heavy atom. The third-order valence-corrected chi connectivity index (χ3v) is 13.6. The van der Waals surface area contributed by atoms with Crippen molar-refractivity contribution in [1.29, 1.82) is 0 Å². The summed E-state index contributed by atoms with van der Waals surface area (Å²) in [5, 5.41) is 2.40. The van der Waals surface area contributed by atoms with E-state index in [9.17, 15) is 0 Å².